The zero-order valence-corrected chi connectivity index (χ0v) is 21.1. The summed E-state index contributed by atoms with van der Waals surface area (Å²) in [7, 11) is 3.33. The second-order valence-corrected chi connectivity index (χ2v) is 9.31. The molecule has 1 aliphatic rings. The Morgan fingerprint density at radius 3 is 2.32 bits per heavy atom. The van der Waals surface area contributed by atoms with Crippen molar-refractivity contribution >= 4 is 16.8 Å². The van der Waals surface area contributed by atoms with Gasteiger partial charge in [0, 0.05) is 27.6 Å². The van der Waals surface area contributed by atoms with Gasteiger partial charge in [0.05, 0.1) is 32.0 Å². The molecule has 0 fully saturated rings. The molecule has 1 aliphatic heterocycles. The molecule has 6 rings (SSSR count). The molecule has 0 aliphatic carbocycles. The number of carbonyl (C=O) groups is 1. The average molecular weight is 489 g/mol. The van der Waals surface area contributed by atoms with Gasteiger partial charge in [0.2, 0.25) is 0 Å². The van der Waals surface area contributed by atoms with Gasteiger partial charge in [-0.15, -0.1) is 0 Å². The highest BCUT2D eigenvalue weighted by Crippen LogP contribution is 2.49. The molecule has 2 unspecified atom stereocenters. The van der Waals surface area contributed by atoms with E-state index < -0.39 is 0 Å². The topological polar surface area (TPSA) is 54.6 Å². The van der Waals surface area contributed by atoms with Crippen LogP contribution in [-0.4, -0.2) is 30.0 Å². The van der Waals surface area contributed by atoms with Gasteiger partial charge < -0.3 is 19.4 Å². The first kappa shape index (κ1) is 22.9. The maximum absolute atomic E-state index is 14.0. The van der Waals surface area contributed by atoms with Crippen molar-refractivity contribution in [1.29, 1.82) is 0 Å². The van der Waals surface area contributed by atoms with Crippen molar-refractivity contribution in [2.45, 2.75) is 19.0 Å². The molecule has 1 aromatic heterocycles. The van der Waals surface area contributed by atoms with E-state index in [1.807, 2.05) is 71.6 Å². The number of ether oxygens (including phenoxy) is 2. The van der Waals surface area contributed by atoms with Gasteiger partial charge in [0.25, 0.3) is 5.91 Å². The van der Waals surface area contributed by atoms with Crippen LogP contribution in [-0.2, 0) is 0 Å². The van der Waals surface area contributed by atoms with Crippen LogP contribution in [0.15, 0.2) is 97.1 Å². The monoisotopic (exact) mass is 488 g/mol. The van der Waals surface area contributed by atoms with Crippen LogP contribution in [0.5, 0.6) is 11.5 Å². The number of rotatable bonds is 6. The highest BCUT2D eigenvalue weighted by Gasteiger charge is 2.43. The molecule has 1 amide bonds. The summed E-state index contributed by atoms with van der Waals surface area (Å²) in [6, 6.07) is 31.8. The second-order valence-electron chi connectivity index (χ2n) is 9.31. The van der Waals surface area contributed by atoms with Gasteiger partial charge in [-0.2, -0.15) is 0 Å². The average Bonchev–Trinajstić information content (AvgIpc) is 3.47. The molecule has 2 atom stereocenters. The number of aromatic nitrogens is 1. The van der Waals surface area contributed by atoms with E-state index in [2.05, 4.69) is 42.2 Å². The third kappa shape index (κ3) is 3.66. The predicted octanol–water partition coefficient (Wildman–Crippen LogP) is 7.16. The number of methoxy groups -OCH3 is 2. The van der Waals surface area contributed by atoms with Crippen LogP contribution in [0.1, 0.15) is 46.1 Å². The van der Waals surface area contributed by atoms with E-state index >= 15 is 0 Å². The minimum atomic E-state index is -0.291. The molecule has 5 heteroatoms. The van der Waals surface area contributed by atoms with Crippen LogP contribution in [0.4, 0.5) is 0 Å². The largest absolute Gasteiger partial charge is 0.497 e. The number of fused-ring (bicyclic) bond motifs is 2. The molecule has 1 N–H and O–H groups in total. The summed E-state index contributed by atoms with van der Waals surface area (Å²) in [5.41, 5.74) is 6.68. The standard InChI is InChI=1S/C32H28N2O3/c1-20(21-11-5-4-6-12-21)34-31(23-13-7-8-14-24(23)32(34)35)29-25-15-9-10-16-27(25)33-30(29)26-19-22(36-2)17-18-28(26)37-3/h4-20,31,33H,1-3H3. The first-order chi connectivity index (χ1) is 18.1. The first-order valence-electron chi connectivity index (χ1n) is 12.4. The molecule has 0 spiro atoms. The highest BCUT2D eigenvalue weighted by atomic mass is 16.5. The number of carbonyl (C=O) groups excluding carboxylic acids is 1. The second kappa shape index (κ2) is 9.17. The molecule has 0 saturated heterocycles. The summed E-state index contributed by atoms with van der Waals surface area (Å²) in [5.74, 6) is 1.50. The Bertz CT molecular complexity index is 1610. The van der Waals surface area contributed by atoms with Gasteiger partial charge >= 0.3 is 0 Å². The number of benzene rings is 4. The zero-order valence-electron chi connectivity index (χ0n) is 21.1. The van der Waals surface area contributed by atoms with Crippen molar-refractivity contribution < 1.29 is 14.3 Å². The SMILES string of the molecule is COc1ccc(OC)c(-c2[nH]c3ccccc3c2C2c3ccccc3C(=O)N2C(C)c2ccccc2)c1. The third-order valence-corrected chi connectivity index (χ3v) is 7.39. The zero-order chi connectivity index (χ0) is 25.5. The number of H-pyrrole nitrogens is 1. The Morgan fingerprint density at radius 1 is 0.811 bits per heavy atom. The van der Waals surface area contributed by atoms with Crippen molar-refractivity contribution in [3.63, 3.8) is 0 Å². The molecule has 0 saturated carbocycles. The lowest BCUT2D eigenvalue weighted by Gasteiger charge is -2.32. The van der Waals surface area contributed by atoms with E-state index in [0.717, 1.165) is 55.9 Å². The number of para-hydroxylation sites is 1. The van der Waals surface area contributed by atoms with Crippen molar-refractivity contribution in [2.75, 3.05) is 14.2 Å². The van der Waals surface area contributed by atoms with Crippen molar-refractivity contribution in [3.8, 4) is 22.8 Å². The lowest BCUT2D eigenvalue weighted by molar-refractivity contribution is 0.0678. The molecule has 184 valence electrons. The predicted molar refractivity (Wildman–Crippen MR) is 146 cm³/mol. The van der Waals surface area contributed by atoms with Gasteiger partial charge in [0.15, 0.2) is 0 Å². The molecule has 2 heterocycles. The van der Waals surface area contributed by atoms with Crippen molar-refractivity contribution in [1.82, 2.24) is 9.88 Å². The molecule has 5 aromatic rings. The van der Waals surface area contributed by atoms with E-state index in [1.165, 1.54) is 0 Å². The van der Waals surface area contributed by atoms with Gasteiger partial charge in [0.1, 0.15) is 11.5 Å². The first-order valence-corrected chi connectivity index (χ1v) is 12.4. The van der Waals surface area contributed by atoms with Crippen LogP contribution in [0.25, 0.3) is 22.2 Å². The van der Waals surface area contributed by atoms with Gasteiger partial charge in [-0.05, 0) is 48.4 Å². The number of hydrogen-bond donors (Lipinski definition) is 1. The van der Waals surface area contributed by atoms with Crippen LogP contribution < -0.4 is 9.47 Å². The summed E-state index contributed by atoms with van der Waals surface area (Å²) in [6.07, 6.45) is 0. The number of aromatic amines is 1. The van der Waals surface area contributed by atoms with E-state index in [-0.39, 0.29) is 18.0 Å². The number of nitrogens with one attached hydrogen (secondary N) is 1. The fourth-order valence-corrected chi connectivity index (χ4v) is 5.59. The molecule has 5 nitrogen and oxygen atoms in total. The third-order valence-electron chi connectivity index (χ3n) is 7.39. The Kier molecular flexibility index (Phi) is 5.68. The van der Waals surface area contributed by atoms with Crippen LogP contribution in [0.2, 0.25) is 0 Å². The summed E-state index contributed by atoms with van der Waals surface area (Å²) in [5, 5.41) is 1.07. The summed E-state index contributed by atoms with van der Waals surface area (Å²) in [6.45, 7) is 2.10. The Hall–Kier alpha value is -4.51. The number of nitrogens with zero attached hydrogens (tertiary/aromatic N) is 1. The van der Waals surface area contributed by atoms with Crippen molar-refractivity contribution in [3.05, 3.63) is 119 Å². The summed E-state index contributed by atoms with van der Waals surface area (Å²) in [4.78, 5) is 19.7. The maximum atomic E-state index is 14.0. The highest BCUT2D eigenvalue weighted by molar-refractivity contribution is 6.02. The Morgan fingerprint density at radius 2 is 1.54 bits per heavy atom. The van der Waals surface area contributed by atoms with E-state index in [4.69, 9.17) is 9.47 Å². The van der Waals surface area contributed by atoms with Gasteiger partial charge in [-0.1, -0.05) is 66.7 Å². The van der Waals surface area contributed by atoms with Gasteiger partial charge in [-0.25, -0.2) is 0 Å². The fourth-order valence-electron chi connectivity index (χ4n) is 5.59. The smallest absolute Gasteiger partial charge is 0.255 e. The molecule has 37 heavy (non-hydrogen) atoms. The maximum Gasteiger partial charge on any atom is 0.255 e. The normalized spacial score (nSPS) is 15.6. The summed E-state index contributed by atoms with van der Waals surface area (Å²) >= 11 is 0. The summed E-state index contributed by atoms with van der Waals surface area (Å²) < 4.78 is 11.4. The minimum absolute atomic E-state index is 0.0331. The number of hydrogen-bond acceptors (Lipinski definition) is 3. The molecule has 4 aromatic carbocycles. The van der Waals surface area contributed by atoms with Crippen molar-refractivity contribution in [2.24, 2.45) is 0 Å². The molecular formula is C32H28N2O3. The van der Waals surface area contributed by atoms with E-state index in [9.17, 15) is 4.79 Å². The molecule has 0 radical (unpaired) electrons. The lowest BCUT2D eigenvalue weighted by atomic mass is 9.92. The van der Waals surface area contributed by atoms with Gasteiger partial charge in [-0.3, -0.25) is 4.79 Å². The fraction of sp³-hybridized carbons (Fsp3) is 0.156. The lowest BCUT2D eigenvalue weighted by Crippen LogP contribution is -2.31. The van der Waals surface area contributed by atoms with E-state index in [0.29, 0.717) is 0 Å². The Labute approximate surface area is 216 Å². The Balaban J connectivity index is 1.65. The van der Waals surface area contributed by atoms with Crippen LogP contribution in [0, 0.1) is 0 Å². The minimum Gasteiger partial charge on any atom is -0.497 e. The van der Waals surface area contributed by atoms with Crippen LogP contribution in [0.3, 0.4) is 0 Å². The molecule has 0 bridgehead atoms. The number of amides is 1. The van der Waals surface area contributed by atoms with E-state index in [1.54, 1.807) is 14.2 Å². The van der Waals surface area contributed by atoms with Crippen LogP contribution >= 0.6 is 0 Å². The quantitative estimate of drug-likeness (QED) is 0.276. The molecular weight excluding hydrogens is 460 g/mol.